The summed E-state index contributed by atoms with van der Waals surface area (Å²) in [6, 6.07) is 17.7. The van der Waals surface area contributed by atoms with Crippen LogP contribution in [0.15, 0.2) is 59.6 Å². The Balaban J connectivity index is 1.62. The SMILES string of the molecule is C[C@@H]1N=C(c2ccccc2)[C@@H]2[C@@H](c3ccc([N+](=O)[O-])cc3)N12. The summed E-state index contributed by atoms with van der Waals surface area (Å²) in [5.41, 5.74) is 3.53. The second kappa shape index (κ2) is 4.74. The van der Waals surface area contributed by atoms with Crippen molar-refractivity contribution in [3.05, 3.63) is 75.8 Å². The fraction of sp³-hybridized carbons (Fsp3) is 0.235. The molecule has 0 bridgehead atoms. The number of hydrogen-bond donors (Lipinski definition) is 0. The minimum atomic E-state index is -0.364. The first-order chi connectivity index (χ1) is 10.7. The van der Waals surface area contributed by atoms with Crippen molar-refractivity contribution >= 4 is 11.4 Å². The van der Waals surface area contributed by atoms with Crippen molar-refractivity contribution in [2.24, 2.45) is 4.99 Å². The van der Waals surface area contributed by atoms with E-state index in [1.54, 1.807) is 12.1 Å². The van der Waals surface area contributed by atoms with Crippen LogP contribution in [0.3, 0.4) is 0 Å². The summed E-state index contributed by atoms with van der Waals surface area (Å²) in [6.45, 7) is 2.09. The summed E-state index contributed by atoms with van der Waals surface area (Å²) in [5.74, 6) is 0. The molecular weight excluding hydrogens is 278 g/mol. The number of nitro benzene ring substituents is 1. The third-order valence-corrected chi connectivity index (χ3v) is 4.40. The number of nitrogens with zero attached hydrogens (tertiary/aromatic N) is 3. The van der Waals surface area contributed by atoms with Crippen LogP contribution in [-0.4, -0.2) is 27.7 Å². The number of aliphatic imine (C=N–C) groups is 1. The van der Waals surface area contributed by atoms with E-state index in [2.05, 4.69) is 24.0 Å². The molecule has 4 atom stereocenters. The van der Waals surface area contributed by atoms with E-state index in [1.807, 2.05) is 30.3 Å². The van der Waals surface area contributed by atoms with Gasteiger partial charge in [-0.3, -0.25) is 20.0 Å². The topological polar surface area (TPSA) is 58.5 Å². The van der Waals surface area contributed by atoms with Crippen LogP contribution >= 0.6 is 0 Å². The zero-order valence-corrected chi connectivity index (χ0v) is 12.1. The Kier molecular flexibility index (Phi) is 2.84. The fourth-order valence-corrected chi connectivity index (χ4v) is 3.35. The van der Waals surface area contributed by atoms with E-state index in [0.29, 0.717) is 6.04 Å². The van der Waals surface area contributed by atoms with Crippen molar-refractivity contribution in [1.29, 1.82) is 0 Å². The maximum atomic E-state index is 10.8. The molecule has 0 aliphatic carbocycles. The summed E-state index contributed by atoms with van der Waals surface area (Å²) in [6.07, 6.45) is 0.153. The number of fused-ring (bicyclic) bond motifs is 1. The van der Waals surface area contributed by atoms with Crippen LogP contribution in [0.4, 0.5) is 5.69 Å². The van der Waals surface area contributed by atoms with Crippen molar-refractivity contribution in [1.82, 2.24) is 4.90 Å². The first-order valence-corrected chi connectivity index (χ1v) is 7.32. The Labute approximate surface area is 128 Å². The van der Waals surface area contributed by atoms with Crippen molar-refractivity contribution in [3.63, 3.8) is 0 Å². The van der Waals surface area contributed by atoms with Gasteiger partial charge in [-0.2, -0.15) is 0 Å². The number of non-ortho nitro benzene ring substituents is 1. The number of rotatable bonds is 3. The Morgan fingerprint density at radius 1 is 1.05 bits per heavy atom. The molecular formula is C17H15N3O2. The second-order valence-electron chi connectivity index (χ2n) is 5.70. The number of hydrogen-bond acceptors (Lipinski definition) is 4. The van der Waals surface area contributed by atoms with Crippen LogP contribution < -0.4 is 0 Å². The molecule has 22 heavy (non-hydrogen) atoms. The molecule has 5 nitrogen and oxygen atoms in total. The van der Waals surface area contributed by atoms with E-state index >= 15 is 0 Å². The second-order valence-corrected chi connectivity index (χ2v) is 5.70. The fourth-order valence-electron chi connectivity index (χ4n) is 3.35. The van der Waals surface area contributed by atoms with Gasteiger partial charge in [0.2, 0.25) is 0 Å². The highest BCUT2D eigenvalue weighted by Crippen LogP contribution is 2.50. The quantitative estimate of drug-likeness (QED) is 0.496. The van der Waals surface area contributed by atoms with Crippen LogP contribution in [0.1, 0.15) is 24.1 Å². The maximum absolute atomic E-state index is 10.8. The van der Waals surface area contributed by atoms with Crippen LogP contribution in [0.25, 0.3) is 0 Å². The van der Waals surface area contributed by atoms with Gasteiger partial charge in [-0.25, -0.2) is 0 Å². The van der Waals surface area contributed by atoms with Crippen molar-refractivity contribution in [3.8, 4) is 0 Å². The lowest BCUT2D eigenvalue weighted by molar-refractivity contribution is -0.384. The van der Waals surface area contributed by atoms with Crippen LogP contribution in [0, 0.1) is 10.1 Å². The van der Waals surface area contributed by atoms with Gasteiger partial charge in [-0.05, 0) is 18.1 Å². The van der Waals surface area contributed by atoms with Crippen LogP contribution in [0.2, 0.25) is 0 Å². The highest BCUT2D eigenvalue weighted by atomic mass is 16.6. The molecule has 2 aliphatic heterocycles. The van der Waals surface area contributed by atoms with Gasteiger partial charge in [0.15, 0.2) is 0 Å². The van der Waals surface area contributed by atoms with Gasteiger partial charge >= 0.3 is 0 Å². The van der Waals surface area contributed by atoms with Gasteiger partial charge in [-0.15, -0.1) is 0 Å². The van der Waals surface area contributed by atoms with Gasteiger partial charge in [-0.1, -0.05) is 42.5 Å². The molecule has 0 amide bonds. The highest BCUT2D eigenvalue weighted by Gasteiger charge is 2.57. The Morgan fingerprint density at radius 2 is 1.73 bits per heavy atom. The van der Waals surface area contributed by atoms with E-state index in [1.165, 1.54) is 0 Å². The normalized spacial score (nSPS) is 28.9. The molecule has 2 heterocycles. The molecule has 1 unspecified atom stereocenters. The summed E-state index contributed by atoms with van der Waals surface area (Å²) in [7, 11) is 0. The van der Waals surface area contributed by atoms with Crippen LogP contribution in [0.5, 0.6) is 0 Å². The lowest BCUT2D eigenvalue weighted by Gasteiger charge is -2.09. The molecule has 0 aromatic heterocycles. The third-order valence-electron chi connectivity index (χ3n) is 4.40. The largest absolute Gasteiger partial charge is 0.269 e. The molecule has 4 rings (SSSR count). The molecule has 1 fully saturated rings. The summed E-state index contributed by atoms with van der Waals surface area (Å²) in [5, 5.41) is 10.8. The molecule has 1 saturated heterocycles. The standard InChI is InChI=1S/C17H15N3O2/c1-11-18-15(12-5-3-2-4-6-12)17-16(19(11)17)13-7-9-14(10-8-13)20(21)22/h2-11,16-17H,1H3/t11-,16-,17-,19?/m1/s1. The lowest BCUT2D eigenvalue weighted by Crippen LogP contribution is -2.09. The summed E-state index contributed by atoms with van der Waals surface area (Å²) < 4.78 is 0. The molecule has 0 radical (unpaired) electrons. The van der Waals surface area contributed by atoms with Crippen molar-refractivity contribution < 1.29 is 4.92 Å². The van der Waals surface area contributed by atoms with Gasteiger partial charge in [0, 0.05) is 12.1 Å². The predicted molar refractivity (Wildman–Crippen MR) is 83.9 cm³/mol. The first kappa shape index (κ1) is 13.2. The van der Waals surface area contributed by atoms with Gasteiger partial charge in [0.1, 0.15) is 6.17 Å². The first-order valence-electron chi connectivity index (χ1n) is 7.32. The van der Waals surface area contributed by atoms with E-state index < -0.39 is 0 Å². The summed E-state index contributed by atoms with van der Waals surface area (Å²) in [4.78, 5) is 17.5. The van der Waals surface area contributed by atoms with Gasteiger partial charge in [0.05, 0.1) is 22.7 Å². The molecule has 2 aromatic rings. The van der Waals surface area contributed by atoms with Gasteiger partial charge < -0.3 is 0 Å². The number of nitro groups is 1. The average molecular weight is 293 g/mol. The van der Waals surface area contributed by atoms with E-state index in [-0.39, 0.29) is 22.8 Å². The maximum Gasteiger partial charge on any atom is 0.269 e. The molecule has 2 aliphatic rings. The summed E-state index contributed by atoms with van der Waals surface area (Å²) >= 11 is 0. The average Bonchev–Trinajstić information content (AvgIpc) is 3.20. The highest BCUT2D eigenvalue weighted by molar-refractivity contribution is 6.08. The molecule has 2 aromatic carbocycles. The monoisotopic (exact) mass is 293 g/mol. The number of benzene rings is 2. The Morgan fingerprint density at radius 3 is 2.36 bits per heavy atom. The predicted octanol–water partition coefficient (Wildman–Crippen LogP) is 3.17. The molecule has 110 valence electrons. The van der Waals surface area contributed by atoms with E-state index in [9.17, 15) is 10.1 Å². The smallest absolute Gasteiger partial charge is 0.269 e. The zero-order chi connectivity index (χ0) is 15.3. The molecule has 5 heteroatoms. The van der Waals surface area contributed by atoms with Gasteiger partial charge in [0.25, 0.3) is 5.69 Å². The lowest BCUT2D eigenvalue weighted by atomic mass is 10.0. The van der Waals surface area contributed by atoms with E-state index in [0.717, 1.165) is 16.8 Å². The minimum Gasteiger partial charge on any atom is -0.269 e. The molecule has 0 N–H and O–H groups in total. The molecule has 0 spiro atoms. The zero-order valence-electron chi connectivity index (χ0n) is 12.1. The van der Waals surface area contributed by atoms with Crippen LogP contribution in [-0.2, 0) is 0 Å². The Hall–Kier alpha value is -2.53. The third kappa shape index (κ3) is 1.94. The van der Waals surface area contributed by atoms with E-state index in [4.69, 9.17) is 4.99 Å². The Bertz CT molecular complexity index is 755. The van der Waals surface area contributed by atoms with Crippen molar-refractivity contribution in [2.75, 3.05) is 0 Å². The van der Waals surface area contributed by atoms with Crippen molar-refractivity contribution in [2.45, 2.75) is 25.2 Å². The minimum absolute atomic E-state index is 0.134. The molecule has 0 saturated carbocycles.